The average Bonchev–Trinajstić information content (AvgIpc) is 3.23. The zero-order valence-electron chi connectivity index (χ0n) is 13.7. The molecule has 2 aromatic rings. The van der Waals surface area contributed by atoms with E-state index in [0.29, 0.717) is 6.79 Å². The van der Waals surface area contributed by atoms with E-state index in [1.54, 1.807) is 6.20 Å². The minimum absolute atomic E-state index is 0.122. The van der Waals surface area contributed by atoms with Crippen molar-refractivity contribution in [2.75, 3.05) is 33.0 Å². The van der Waals surface area contributed by atoms with E-state index >= 15 is 0 Å². The molecule has 6 nitrogen and oxygen atoms in total. The molecule has 0 bridgehead atoms. The molecule has 2 aliphatic rings. The predicted octanol–water partition coefficient (Wildman–Crippen LogP) is 2.01. The first-order chi connectivity index (χ1) is 11.7. The van der Waals surface area contributed by atoms with Gasteiger partial charge in [-0.25, -0.2) is 0 Å². The Hall–Kier alpha value is -2.47. The molecule has 1 aromatic heterocycles. The van der Waals surface area contributed by atoms with Gasteiger partial charge >= 0.3 is 0 Å². The molecule has 24 heavy (non-hydrogen) atoms. The maximum Gasteiger partial charge on any atom is 0.255 e. The highest BCUT2D eigenvalue weighted by molar-refractivity contribution is 5.95. The number of carbonyl (C=O) groups excluding carboxylic acids is 1. The topological polar surface area (TPSA) is 57.8 Å². The first kappa shape index (κ1) is 15.1. The number of aromatic amines is 1. The molecular weight excluding hydrogens is 306 g/mol. The number of aryl methyl sites for hydroxylation is 1. The Kier molecular flexibility index (Phi) is 3.90. The van der Waals surface area contributed by atoms with Crippen molar-refractivity contribution in [3.8, 4) is 11.5 Å². The van der Waals surface area contributed by atoms with Crippen LogP contribution in [0.4, 0.5) is 0 Å². The van der Waals surface area contributed by atoms with Gasteiger partial charge in [-0.1, -0.05) is 6.07 Å². The second kappa shape index (κ2) is 6.20. The molecular formula is C18H21N3O3. The fraction of sp³-hybridized carbons (Fsp3) is 0.389. The van der Waals surface area contributed by atoms with Crippen LogP contribution in [0.1, 0.15) is 21.5 Å². The van der Waals surface area contributed by atoms with Gasteiger partial charge in [0.25, 0.3) is 5.91 Å². The Morgan fingerprint density at radius 2 is 1.92 bits per heavy atom. The van der Waals surface area contributed by atoms with Gasteiger partial charge in [0.05, 0.1) is 5.56 Å². The number of nitrogens with zero attached hydrogens (tertiary/aromatic N) is 2. The summed E-state index contributed by atoms with van der Waals surface area (Å²) in [5.41, 5.74) is 2.99. The van der Waals surface area contributed by atoms with Crippen molar-refractivity contribution >= 4 is 5.91 Å². The number of benzene rings is 1. The molecule has 0 spiro atoms. The van der Waals surface area contributed by atoms with Crippen LogP contribution in [-0.2, 0) is 6.54 Å². The maximum absolute atomic E-state index is 12.5. The number of nitrogens with one attached hydrogen (secondary N) is 1. The zero-order chi connectivity index (χ0) is 16.5. The first-order valence-corrected chi connectivity index (χ1v) is 8.24. The van der Waals surface area contributed by atoms with E-state index in [1.807, 2.05) is 30.2 Å². The number of rotatable bonds is 3. The van der Waals surface area contributed by atoms with E-state index < -0.39 is 0 Å². The number of fused-ring (bicyclic) bond motifs is 1. The Bertz CT molecular complexity index is 748. The summed E-state index contributed by atoms with van der Waals surface area (Å²) in [4.78, 5) is 19.8. The van der Waals surface area contributed by atoms with Crippen LogP contribution in [-0.4, -0.2) is 53.7 Å². The van der Waals surface area contributed by atoms with Crippen LogP contribution >= 0.6 is 0 Å². The van der Waals surface area contributed by atoms with Gasteiger partial charge in [0, 0.05) is 45.1 Å². The highest BCUT2D eigenvalue weighted by Crippen LogP contribution is 2.32. The summed E-state index contributed by atoms with van der Waals surface area (Å²) in [6, 6.07) is 6.09. The smallest absolute Gasteiger partial charge is 0.255 e. The molecule has 3 heterocycles. The van der Waals surface area contributed by atoms with Crippen molar-refractivity contribution in [1.82, 2.24) is 14.8 Å². The monoisotopic (exact) mass is 327 g/mol. The molecule has 0 saturated carbocycles. The van der Waals surface area contributed by atoms with Crippen molar-refractivity contribution in [3.05, 3.63) is 47.3 Å². The average molecular weight is 327 g/mol. The van der Waals surface area contributed by atoms with Crippen LogP contribution in [0.15, 0.2) is 30.6 Å². The molecule has 1 saturated heterocycles. The minimum atomic E-state index is 0.122. The number of amides is 1. The lowest BCUT2D eigenvalue weighted by Gasteiger charge is -2.34. The fourth-order valence-corrected chi connectivity index (χ4v) is 3.25. The summed E-state index contributed by atoms with van der Waals surface area (Å²) >= 11 is 0. The molecule has 1 amide bonds. The van der Waals surface area contributed by atoms with Crippen LogP contribution in [0, 0.1) is 6.92 Å². The van der Waals surface area contributed by atoms with Crippen LogP contribution in [0.25, 0.3) is 0 Å². The van der Waals surface area contributed by atoms with Gasteiger partial charge in [0.2, 0.25) is 6.79 Å². The van der Waals surface area contributed by atoms with Crippen LogP contribution in [0.5, 0.6) is 11.5 Å². The molecule has 1 fully saturated rings. The molecule has 1 N–H and O–H groups in total. The molecule has 0 aliphatic carbocycles. The van der Waals surface area contributed by atoms with Gasteiger partial charge in [-0.3, -0.25) is 9.69 Å². The fourth-order valence-electron chi connectivity index (χ4n) is 3.25. The largest absolute Gasteiger partial charge is 0.454 e. The molecule has 4 rings (SSSR count). The van der Waals surface area contributed by atoms with E-state index in [-0.39, 0.29) is 5.91 Å². The predicted molar refractivity (Wildman–Crippen MR) is 89.3 cm³/mol. The number of hydrogen-bond donors (Lipinski definition) is 1. The number of hydrogen-bond acceptors (Lipinski definition) is 4. The highest BCUT2D eigenvalue weighted by atomic mass is 16.7. The Balaban J connectivity index is 1.35. The lowest BCUT2D eigenvalue weighted by Crippen LogP contribution is -2.48. The Morgan fingerprint density at radius 3 is 2.67 bits per heavy atom. The molecule has 0 atom stereocenters. The first-order valence-electron chi connectivity index (χ1n) is 8.24. The van der Waals surface area contributed by atoms with Crippen molar-refractivity contribution in [3.63, 3.8) is 0 Å². The normalized spacial score (nSPS) is 17.3. The minimum Gasteiger partial charge on any atom is -0.454 e. The van der Waals surface area contributed by atoms with Gasteiger partial charge in [-0.2, -0.15) is 0 Å². The van der Waals surface area contributed by atoms with Gasteiger partial charge in [-0.05, 0) is 30.2 Å². The SMILES string of the molecule is Cc1c[nH]cc1C(=O)N1CCN(Cc2ccc3c(c2)OCO3)CC1. The third-order valence-corrected chi connectivity index (χ3v) is 4.69. The van der Waals surface area contributed by atoms with Crippen molar-refractivity contribution in [1.29, 1.82) is 0 Å². The standard InChI is InChI=1S/C18H21N3O3/c1-13-9-19-10-15(13)18(22)21-6-4-20(5-7-21)11-14-2-3-16-17(8-14)24-12-23-16/h2-3,8-10,19H,4-7,11-12H2,1H3. The molecule has 2 aliphatic heterocycles. The highest BCUT2D eigenvalue weighted by Gasteiger charge is 2.24. The summed E-state index contributed by atoms with van der Waals surface area (Å²) in [7, 11) is 0. The number of H-pyrrole nitrogens is 1. The summed E-state index contributed by atoms with van der Waals surface area (Å²) in [6.07, 6.45) is 3.65. The summed E-state index contributed by atoms with van der Waals surface area (Å²) in [5.74, 6) is 1.76. The zero-order valence-corrected chi connectivity index (χ0v) is 13.7. The van der Waals surface area contributed by atoms with Crippen LogP contribution < -0.4 is 9.47 Å². The van der Waals surface area contributed by atoms with Crippen molar-refractivity contribution in [2.24, 2.45) is 0 Å². The van der Waals surface area contributed by atoms with Crippen LogP contribution in [0.2, 0.25) is 0 Å². The number of ether oxygens (including phenoxy) is 2. The third-order valence-electron chi connectivity index (χ3n) is 4.69. The van der Waals surface area contributed by atoms with Gasteiger partial charge in [0.1, 0.15) is 0 Å². The van der Waals surface area contributed by atoms with Gasteiger partial charge < -0.3 is 19.4 Å². The van der Waals surface area contributed by atoms with Gasteiger partial charge in [-0.15, -0.1) is 0 Å². The number of piperazine rings is 1. The van der Waals surface area contributed by atoms with E-state index in [2.05, 4.69) is 16.0 Å². The van der Waals surface area contributed by atoms with Crippen LogP contribution in [0.3, 0.4) is 0 Å². The Morgan fingerprint density at radius 1 is 1.12 bits per heavy atom. The molecule has 0 unspecified atom stereocenters. The van der Waals surface area contributed by atoms with Gasteiger partial charge in [0.15, 0.2) is 11.5 Å². The second-order valence-corrected chi connectivity index (χ2v) is 6.31. The summed E-state index contributed by atoms with van der Waals surface area (Å²) in [6.45, 7) is 6.40. The quantitative estimate of drug-likeness (QED) is 0.937. The molecule has 6 heteroatoms. The van der Waals surface area contributed by atoms with E-state index in [0.717, 1.165) is 55.3 Å². The van der Waals surface area contributed by atoms with E-state index in [9.17, 15) is 4.79 Å². The molecule has 1 aromatic carbocycles. The number of aromatic nitrogens is 1. The summed E-state index contributed by atoms with van der Waals surface area (Å²) < 4.78 is 10.8. The lowest BCUT2D eigenvalue weighted by atomic mass is 10.1. The second-order valence-electron chi connectivity index (χ2n) is 6.31. The molecule has 0 radical (unpaired) electrons. The molecule has 126 valence electrons. The maximum atomic E-state index is 12.5. The third kappa shape index (κ3) is 2.85. The van der Waals surface area contributed by atoms with Crippen molar-refractivity contribution in [2.45, 2.75) is 13.5 Å². The summed E-state index contributed by atoms with van der Waals surface area (Å²) in [5, 5.41) is 0. The van der Waals surface area contributed by atoms with E-state index in [4.69, 9.17) is 9.47 Å². The lowest BCUT2D eigenvalue weighted by molar-refractivity contribution is 0.0628. The Labute approximate surface area is 141 Å². The van der Waals surface area contributed by atoms with Crippen molar-refractivity contribution < 1.29 is 14.3 Å². The van der Waals surface area contributed by atoms with E-state index in [1.165, 1.54) is 5.56 Å². The number of carbonyl (C=O) groups is 1.